The fourth-order valence-corrected chi connectivity index (χ4v) is 3.30. The van der Waals surface area contributed by atoms with Crippen molar-refractivity contribution >= 4 is 35.0 Å². The van der Waals surface area contributed by atoms with E-state index in [4.69, 9.17) is 23.2 Å². The Kier molecular flexibility index (Phi) is 5.56. The van der Waals surface area contributed by atoms with Crippen molar-refractivity contribution in [2.75, 3.05) is 6.26 Å². The maximum atomic E-state index is 12.8. The Bertz CT molecular complexity index is 741. The Morgan fingerprint density at radius 2 is 1.75 bits per heavy atom. The summed E-state index contributed by atoms with van der Waals surface area (Å²) in [6.07, 6.45) is -3.01. The van der Waals surface area contributed by atoms with Gasteiger partial charge in [-0.3, -0.25) is 0 Å². The molecule has 0 amide bonds. The lowest BCUT2D eigenvalue weighted by Crippen LogP contribution is -2.08. The van der Waals surface area contributed by atoms with Crippen molar-refractivity contribution in [2.45, 2.75) is 24.6 Å². The maximum Gasteiger partial charge on any atom is 0.416 e. The zero-order valence-corrected chi connectivity index (χ0v) is 14.4. The van der Waals surface area contributed by atoms with E-state index < -0.39 is 18.4 Å². The zero-order valence-electron chi connectivity index (χ0n) is 12.1. The summed E-state index contributed by atoms with van der Waals surface area (Å²) in [5, 5.41) is 3.20. The van der Waals surface area contributed by atoms with Gasteiger partial charge >= 0.3 is 12.8 Å². The molecule has 24 heavy (non-hydrogen) atoms. The molecule has 0 bridgehead atoms. The Hall–Kier alpha value is -1.19. The number of ether oxygens (including phenoxy) is 1. The molecule has 1 heterocycles. The highest BCUT2D eigenvalue weighted by molar-refractivity contribution is 7.98. The molecule has 132 valence electrons. The number of hydrogen-bond donors (Lipinski definition) is 0. The molecule has 2 aromatic rings. The molecule has 0 saturated carbocycles. The third-order valence-corrected chi connectivity index (χ3v) is 4.45. The van der Waals surface area contributed by atoms with Crippen molar-refractivity contribution < 1.29 is 26.7 Å². The first-order valence-corrected chi connectivity index (χ1v) is 8.19. The van der Waals surface area contributed by atoms with Gasteiger partial charge in [-0.2, -0.15) is 22.0 Å². The summed E-state index contributed by atoms with van der Waals surface area (Å²) >= 11 is 12.9. The minimum Gasteiger partial charge on any atom is -0.414 e. The SMILES string of the molecule is CSc1c(OC(F)F)nn(-c2c(Cl)cc(C(F)(F)F)cc2Cl)c1C. The summed E-state index contributed by atoms with van der Waals surface area (Å²) in [7, 11) is 0. The van der Waals surface area contributed by atoms with Crippen LogP contribution in [0.2, 0.25) is 10.0 Å². The molecule has 0 fully saturated rings. The fraction of sp³-hybridized carbons (Fsp3) is 0.308. The van der Waals surface area contributed by atoms with Crippen molar-refractivity contribution in [3.05, 3.63) is 33.4 Å². The van der Waals surface area contributed by atoms with Crippen molar-refractivity contribution in [3.8, 4) is 11.6 Å². The monoisotopic (exact) mass is 406 g/mol. The van der Waals surface area contributed by atoms with Crippen molar-refractivity contribution in [2.24, 2.45) is 0 Å². The minimum absolute atomic E-state index is 0.0525. The molecule has 0 aliphatic heterocycles. The average molecular weight is 407 g/mol. The van der Waals surface area contributed by atoms with Crippen molar-refractivity contribution in [1.82, 2.24) is 9.78 Å². The van der Waals surface area contributed by atoms with Crippen LogP contribution in [0.25, 0.3) is 5.69 Å². The molecule has 0 unspecified atom stereocenters. The third-order valence-electron chi connectivity index (χ3n) is 2.99. The normalized spacial score (nSPS) is 12.1. The molecule has 1 aromatic heterocycles. The van der Waals surface area contributed by atoms with Crippen LogP contribution in [0, 0.1) is 6.92 Å². The van der Waals surface area contributed by atoms with E-state index in [0.29, 0.717) is 22.7 Å². The third kappa shape index (κ3) is 3.73. The molecule has 0 saturated heterocycles. The van der Waals surface area contributed by atoms with Gasteiger partial charge in [-0.25, -0.2) is 4.68 Å². The number of benzene rings is 1. The van der Waals surface area contributed by atoms with Crippen LogP contribution in [0.1, 0.15) is 11.3 Å². The summed E-state index contributed by atoms with van der Waals surface area (Å²) in [6, 6.07) is 1.38. The maximum absolute atomic E-state index is 12.8. The topological polar surface area (TPSA) is 27.1 Å². The molecule has 0 aliphatic carbocycles. The zero-order chi connectivity index (χ0) is 18.2. The lowest BCUT2D eigenvalue weighted by Gasteiger charge is -2.13. The highest BCUT2D eigenvalue weighted by atomic mass is 35.5. The van der Waals surface area contributed by atoms with Gasteiger partial charge in [0.1, 0.15) is 5.69 Å². The van der Waals surface area contributed by atoms with Crippen LogP contribution in [-0.2, 0) is 6.18 Å². The smallest absolute Gasteiger partial charge is 0.414 e. The lowest BCUT2D eigenvalue weighted by molar-refractivity contribution is -0.137. The molecule has 0 aliphatic rings. The summed E-state index contributed by atoms with van der Waals surface area (Å²) in [5.74, 6) is -0.359. The molecular formula is C13H9Cl2F5N2OS. The number of aromatic nitrogens is 2. The van der Waals surface area contributed by atoms with Crippen LogP contribution in [-0.4, -0.2) is 22.6 Å². The standard InChI is InChI=1S/C13H9Cl2F5N2OS/c1-5-10(24-2)11(23-12(16)17)21-22(5)9-7(14)3-6(4-8(9)15)13(18,19)20/h3-4,12H,1-2H3. The van der Waals surface area contributed by atoms with Gasteiger partial charge in [-0.1, -0.05) is 23.2 Å². The summed E-state index contributed by atoms with van der Waals surface area (Å²) < 4.78 is 68.7. The fourth-order valence-electron chi connectivity index (χ4n) is 2.01. The van der Waals surface area contributed by atoms with Gasteiger partial charge in [0.2, 0.25) is 0 Å². The molecule has 11 heteroatoms. The van der Waals surface area contributed by atoms with Gasteiger partial charge in [0, 0.05) is 0 Å². The van der Waals surface area contributed by atoms with Crippen LogP contribution >= 0.6 is 35.0 Å². The van der Waals surface area contributed by atoms with Crippen LogP contribution in [0.15, 0.2) is 17.0 Å². The van der Waals surface area contributed by atoms with E-state index in [-0.39, 0.29) is 21.6 Å². The Balaban J connectivity index is 2.63. The van der Waals surface area contributed by atoms with Gasteiger partial charge < -0.3 is 4.74 Å². The number of rotatable bonds is 4. The number of alkyl halides is 5. The highest BCUT2D eigenvalue weighted by Gasteiger charge is 2.33. The predicted octanol–water partition coefficient (Wildman–Crippen LogP) is 5.83. The van der Waals surface area contributed by atoms with E-state index in [1.807, 2.05) is 0 Å². The van der Waals surface area contributed by atoms with Crippen LogP contribution < -0.4 is 4.74 Å². The Morgan fingerprint density at radius 1 is 1.21 bits per heavy atom. The lowest BCUT2D eigenvalue weighted by atomic mass is 10.2. The molecule has 0 atom stereocenters. The summed E-state index contributed by atoms with van der Waals surface area (Å²) in [4.78, 5) is 0.294. The molecule has 0 radical (unpaired) electrons. The second-order valence-corrected chi connectivity index (χ2v) is 6.13. The molecule has 1 aromatic carbocycles. The van der Waals surface area contributed by atoms with E-state index in [0.717, 1.165) is 16.4 Å². The summed E-state index contributed by atoms with van der Waals surface area (Å²) in [6.45, 7) is -1.57. The van der Waals surface area contributed by atoms with E-state index in [9.17, 15) is 22.0 Å². The number of nitrogens with zero attached hydrogens (tertiary/aromatic N) is 2. The van der Waals surface area contributed by atoms with Gasteiger partial charge in [-0.15, -0.1) is 16.9 Å². The van der Waals surface area contributed by atoms with Crippen LogP contribution in [0.4, 0.5) is 22.0 Å². The first kappa shape index (κ1) is 19.1. The van der Waals surface area contributed by atoms with E-state index in [1.165, 1.54) is 6.92 Å². The number of hydrogen-bond acceptors (Lipinski definition) is 3. The Morgan fingerprint density at radius 3 is 2.17 bits per heavy atom. The van der Waals surface area contributed by atoms with E-state index in [2.05, 4.69) is 9.84 Å². The van der Waals surface area contributed by atoms with Gasteiger partial charge in [-0.05, 0) is 25.3 Å². The van der Waals surface area contributed by atoms with Gasteiger partial charge in [0.25, 0.3) is 5.88 Å². The van der Waals surface area contributed by atoms with Crippen LogP contribution in [0.3, 0.4) is 0 Å². The van der Waals surface area contributed by atoms with Crippen molar-refractivity contribution in [3.63, 3.8) is 0 Å². The first-order chi connectivity index (χ1) is 11.1. The van der Waals surface area contributed by atoms with Crippen molar-refractivity contribution in [1.29, 1.82) is 0 Å². The first-order valence-electron chi connectivity index (χ1n) is 6.21. The van der Waals surface area contributed by atoms with Crippen LogP contribution in [0.5, 0.6) is 5.88 Å². The van der Waals surface area contributed by atoms with E-state index >= 15 is 0 Å². The number of thioether (sulfide) groups is 1. The number of halogens is 7. The predicted molar refractivity (Wildman–Crippen MR) is 81.7 cm³/mol. The summed E-state index contributed by atoms with van der Waals surface area (Å²) in [5.41, 5.74) is -0.731. The quantitative estimate of drug-likeness (QED) is 0.472. The Labute approximate surface area is 147 Å². The van der Waals surface area contributed by atoms with Gasteiger partial charge in [0.05, 0.1) is 26.2 Å². The minimum atomic E-state index is -4.63. The average Bonchev–Trinajstić information content (AvgIpc) is 2.72. The largest absolute Gasteiger partial charge is 0.416 e. The molecular weight excluding hydrogens is 398 g/mol. The molecule has 0 spiro atoms. The second-order valence-electron chi connectivity index (χ2n) is 4.50. The van der Waals surface area contributed by atoms with E-state index in [1.54, 1.807) is 6.26 Å². The molecule has 3 nitrogen and oxygen atoms in total. The second kappa shape index (κ2) is 6.97. The molecule has 2 rings (SSSR count). The van der Waals surface area contributed by atoms with Gasteiger partial charge in [0.15, 0.2) is 0 Å². The highest BCUT2D eigenvalue weighted by Crippen LogP contribution is 2.40. The molecule has 0 N–H and O–H groups in total.